The van der Waals surface area contributed by atoms with Crippen molar-refractivity contribution < 1.29 is 39.2 Å². The van der Waals surface area contributed by atoms with Gasteiger partial charge in [0.15, 0.2) is 5.78 Å². The SMILES string of the molecule is CC(=O)OC1C2OC2C(C)(O)C(=O)C(C)CC=CC2C(O)C(C)(O)C(C)C3C(Cc4ccccc4)NC(=O)C213. The summed E-state index contributed by atoms with van der Waals surface area (Å²) in [5.41, 5.74) is -4.00. The summed E-state index contributed by atoms with van der Waals surface area (Å²) in [6.07, 6.45) is -0.452. The normalized spacial score (nSPS) is 47.2. The van der Waals surface area contributed by atoms with E-state index in [1.807, 2.05) is 30.3 Å². The van der Waals surface area contributed by atoms with E-state index in [2.05, 4.69) is 5.32 Å². The summed E-state index contributed by atoms with van der Waals surface area (Å²) in [5, 5.41) is 37.8. The van der Waals surface area contributed by atoms with Crippen molar-refractivity contribution in [1.82, 2.24) is 5.32 Å². The number of nitrogens with one attached hydrogen (secondary N) is 1. The van der Waals surface area contributed by atoms with E-state index in [1.54, 1.807) is 32.9 Å². The third-order valence-electron chi connectivity index (χ3n) is 9.87. The fraction of sp³-hybridized carbons (Fsp3) is 0.633. The lowest BCUT2D eigenvalue weighted by Gasteiger charge is -2.57. The van der Waals surface area contributed by atoms with Crippen LogP contribution in [-0.4, -0.2) is 74.6 Å². The zero-order valence-electron chi connectivity index (χ0n) is 23.0. The lowest BCUT2D eigenvalue weighted by atomic mass is 9.48. The van der Waals surface area contributed by atoms with Crippen LogP contribution in [0.2, 0.25) is 0 Å². The van der Waals surface area contributed by atoms with Gasteiger partial charge in [-0.15, -0.1) is 0 Å². The molecule has 1 saturated carbocycles. The molecular formula is C30H39NO8. The van der Waals surface area contributed by atoms with Crippen molar-refractivity contribution in [3.8, 4) is 0 Å². The standard InChI is InChI=1S/C30H39NO8/c1-15-10-9-13-19-24(34)28(4,36)16(2)21-20(14-18-11-7-6-8-12-18)31-27(35)30(19,21)26(38-17(3)32)22-25(39-22)29(5,37)23(15)33/h6-9,11-13,15-16,19-22,24-26,34,36-37H,10,14H2,1-5H3,(H,31,35). The van der Waals surface area contributed by atoms with Gasteiger partial charge in [0, 0.05) is 30.7 Å². The maximum absolute atomic E-state index is 14.3. The minimum absolute atomic E-state index is 0.251. The van der Waals surface area contributed by atoms with Crippen LogP contribution in [-0.2, 0) is 30.3 Å². The quantitative estimate of drug-likeness (QED) is 0.255. The highest BCUT2D eigenvalue weighted by Crippen LogP contribution is 2.62. The molecule has 0 radical (unpaired) electrons. The van der Waals surface area contributed by atoms with Crippen molar-refractivity contribution in [3.63, 3.8) is 0 Å². The summed E-state index contributed by atoms with van der Waals surface area (Å²) in [4.78, 5) is 40.1. The summed E-state index contributed by atoms with van der Waals surface area (Å²) in [5.74, 6) is -4.21. The van der Waals surface area contributed by atoms with E-state index < -0.39 is 88.4 Å². The number of aliphatic hydroxyl groups excluding tert-OH is 1. The average Bonchev–Trinajstić information content (AvgIpc) is 3.63. The summed E-state index contributed by atoms with van der Waals surface area (Å²) in [6, 6.07) is 9.19. The minimum atomic E-state index is -1.87. The minimum Gasteiger partial charge on any atom is -0.458 e. The van der Waals surface area contributed by atoms with Crippen LogP contribution in [0.5, 0.6) is 0 Å². The molecule has 1 aromatic carbocycles. The van der Waals surface area contributed by atoms with Crippen LogP contribution in [0.3, 0.4) is 0 Å². The second-order valence-electron chi connectivity index (χ2n) is 12.3. The number of aliphatic hydroxyl groups is 3. The monoisotopic (exact) mass is 541 g/mol. The first-order valence-electron chi connectivity index (χ1n) is 13.8. The Morgan fingerprint density at radius 2 is 1.82 bits per heavy atom. The number of hydrogen-bond acceptors (Lipinski definition) is 8. The summed E-state index contributed by atoms with van der Waals surface area (Å²) in [7, 11) is 0. The van der Waals surface area contributed by atoms with E-state index in [4.69, 9.17) is 9.47 Å². The van der Waals surface area contributed by atoms with Crippen molar-refractivity contribution in [2.24, 2.45) is 29.1 Å². The molecule has 2 aliphatic heterocycles. The van der Waals surface area contributed by atoms with Gasteiger partial charge >= 0.3 is 5.97 Å². The van der Waals surface area contributed by atoms with Gasteiger partial charge in [-0.05, 0) is 38.2 Å². The van der Waals surface area contributed by atoms with Gasteiger partial charge in [-0.1, -0.05) is 56.3 Å². The number of ether oxygens (including phenoxy) is 2. The molecule has 1 spiro atoms. The number of esters is 1. The van der Waals surface area contributed by atoms with Crippen molar-refractivity contribution in [1.29, 1.82) is 0 Å². The molecule has 0 bridgehead atoms. The molecule has 39 heavy (non-hydrogen) atoms. The molecule has 2 saturated heterocycles. The van der Waals surface area contributed by atoms with E-state index in [0.717, 1.165) is 5.56 Å². The number of epoxide rings is 1. The molecule has 4 aliphatic rings. The summed E-state index contributed by atoms with van der Waals surface area (Å²) >= 11 is 0. The predicted molar refractivity (Wildman–Crippen MR) is 140 cm³/mol. The number of carbonyl (C=O) groups excluding carboxylic acids is 3. The highest BCUT2D eigenvalue weighted by Gasteiger charge is 2.76. The van der Waals surface area contributed by atoms with Crippen molar-refractivity contribution in [2.45, 2.75) is 89.1 Å². The van der Waals surface area contributed by atoms with Gasteiger partial charge in [-0.25, -0.2) is 0 Å². The van der Waals surface area contributed by atoms with Gasteiger partial charge in [0.05, 0.1) is 11.7 Å². The first kappa shape index (κ1) is 28.0. The number of rotatable bonds is 3. The second kappa shape index (κ2) is 9.51. The maximum Gasteiger partial charge on any atom is 0.303 e. The Balaban J connectivity index is 1.72. The largest absolute Gasteiger partial charge is 0.458 e. The number of hydrogen-bond donors (Lipinski definition) is 4. The Morgan fingerprint density at radius 1 is 1.15 bits per heavy atom. The number of allylic oxidation sites excluding steroid dienone is 1. The molecule has 1 aromatic rings. The Bertz CT molecular complexity index is 1180. The number of Topliss-reactive ketones (excluding diaryl/α,β-unsaturated/α-hetero) is 1. The topological polar surface area (TPSA) is 146 Å². The van der Waals surface area contributed by atoms with Crippen LogP contribution in [0.15, 0.2) is 42.5 Å². The van der Waals surface area contributed by atoms with Gasteiger partial charge in [0.1, 0.15) is 29.3 Å². The molecule has 12 atom stereocenters. The van der Waals surface area contributed by atoms with E-state index in [0.29, 0.717) is 6.42 Å². The van der Waals surface area contributed by atoms with Gasteiger partial charge in [0.2, 0.25) is 5.91 Å². The van der Waals surface area contributed by atoms with Crippen LogP contribution in [0.1, 0.15) is 46.6 Å². The molecule has 0 aromatic heterocycles. The molecule has 1 amide bonds. The zero-order chi connectivity index (χ0) is 28.5. The fourth-order valence-electron chi connectivity index (χ4n) is 7.68. The lowest BCUT2D eigenvalue weighted by molar-refractivity contribution is -0.224. The molecule has 5 rings (SSSR count). The summed E-state index contributed by atoms with van der Waals surface area (Å²) in [6.45, 7) is 7.70. The first-order chi connectivity index (χ1) is 18.2. The van der Waals surface area contributed by atoms with Crippen LogP contribution in [0, 0.1) is 29.1 Å². The Kier molecular flexibility index (Phi) is 6.81. The number of fused-ring (bicyclic) bond motifs is 1. The molecule has 2 heterocycles. The van der Waals surface area contributed by atoms with Gasteiger partial charge < -0.3 is 30.1 Å². The van der Waals surface area contributed by atoms with Gasteiger partial charge in [0.25, 0.3) is 0 Å². The molecule has 12 unspecified atom stereocenters. The van der Waals surface area contributed by atoms with Gasteiger partial charge in [-0.2, -0.15) is 0 Å². The van der Waals surface area contributed by atoms with Gasteiger partial charge in [-0.3, -0.25) is 14.4 Å². The lowest BCUT2D eigenvalue weighted by Crippen LogP contribution is -2.69. The van der Waals surface area contributed by atoms with Crippen molar-refractivity contribution >= 4 is 17.7 Å². The molecular weight excluding hydrogens is 502 g/mol. The highest BCUT2D eigenvalue weighted by molar-refractivity contribution is 5.91. The first-order valence-corrected chi connectivity index (χ1v) is 13.8. The number of amides is 1. The average molecular weight is 542 g/mol. The van der Waals surface area contributed by atoms with E-state index >= 15 is 0 Å². The van der Waals surface area contributed by atoms with E-state index in [1.165, 1.54) is 13.8 Å². The predicted octanol–water partition coefficient (Wildman–Crippen LogP) is 1.32. The van der Waals surface area contributed by atoms with Crippen LogP contribution in [0.4, 0.5) is 0 Å². The van der Waals surface area contributed by atoms with E-state index in [-0.39, 0.29) is 6.42 Å². The fourth-order valence-corrected chi connectivity index (χ4v) is 7.68. The molecule has 9 nitrogen and oxygen atoms in total. The Labute approximate surface area is 228 Å². The highest BCUT2D eigenvalue weighted by atomic mass is 16.6. The number of carbonyl (C=O) groups is 3. The Morgan fingerprint density at radius 3 is 2.46 bits per heavy atom. The molecule has 3 fully saturated rings. The van der Waals surface area contributed by atoms with Crippen LogP contribution < -0.4 is 5.32 Å². The zero-order valence-corrected chi connectivity index (χ0v) is 23.0. The smallest absolute Gasteiger partial charge is 0.303 e. The molecule has 4 N–H and O–H groups in total. The maximum atomic E-state index is 14.3. The number of ketones is 1. The molecule has 2 aliphatic carbocycles. The third kappa shape index (κ3) is 4.17. The third-order valence-corrected chi connectivity index (χ3v) is 9.87. The van der Waals surface area contributed by atoms with E-state index in [9.17, 15) is 29.7 Å². The Hall–Kier alpha value is -2.59. The molecule has 9 heteroatoms. The number of benzene rings is 1. The second-order valence-corrected chi connectivity index (χ2v) is 12.3. The molecule has 212 valence electrons. The van der Waals surface area contributed by atoms with Crippen molar-refractivity contribution in [2.75, 3.05) is 0 Å². The van der Waals surface area contributed by atoms with Crippen molar-refractivity contribution in [3.05, 3.63) is 48.0 Å². The van der Waals surface area contributed by atoms with Crippen LogP contribution in [0.25, 0.3) is 0 Å². The summed E-state index contributed by atoms with van der Waals surface area (Å²) < 4.78 is 11.8. The van der Waals surface area contributed by atoms with Crippen LogP contribution >= 0.6 is 0 Å².